The van der Waals surface area contributed by atoms with Crippen molar-refractivity contribution >= 4 is 5.96 Å². The maximum atomic E-state index is 5.25. The minimum Gasteiger partial charge on any atom is -0.356 e. The van der Waals surface area contributed by atoms with Crippen LogP contribution in [0.15, 0.2) is 17.5 Å². The summed E-state index contributed by atoms with van der Waals surface area (Å²) in [6.07, 6.45) is 4.28. The Morgan fingerprint density at radius 2 is 2.57 bits per heavy atom. The first-order valence-electron chi connectivity index (χ1n) is 4.59. The molecule has 1 heterocycles. The van der Waals surface area contributed by atoms with Crippen LogP contribution in [-0.2, 0) is 6.42 Å². The molecular formula is C8H16N6. The number of rotatable bonds is 4. The van der Waals surface area contributed by atoms with E-state index in [1.807, 2.05) is 6.92 Å². The lowest BCUT2D eigenvalue weighted by Crippen LogP contribution is -2.41. The van der Waals surface area contributed by atoms with Crippen LogP contribution >= 0.6 is 0 Å². The minimum absolute atomic E-state index is 0.618. The predicted octanol–water partition coefficient (Wildman–Crippen LogP) is -0.619. The minimum atomic E-state index is 0.618. The molecule has 14 heavy (non-hydrogen) atoms. The van der Waals surface area contributed by atoms with Crippen molar-refractivity contribution in [2.24, 2.45) is 10.8 Å². The molecule has 78 valence electrons. The van der Waals surface area contributed by atoms with E-state index in [-0.39, 0.29) is 0 Å². The molecule has 1 rings (SSSR count). The van der Waals surface area contributed by atoms with Crippen LogP contribution in [0.4, 0.5) is 0 Å². The standard InChI is InChI=1S/C8H16N6/c1-2-11-8(14-9)12-4-3-7-5-10-6-13-7/h5-6H,2-4,9H2,1H3,(H,10,13)(H2,11,12,14). The van der Waals surface area contributed by atoms with Gasteiger partial charge in [-0.15, -0.1) is 0 Å². The first-order chi connectivity index (χ1) is 6.86. The Morgan fingerprint density at radius 3 is 3.14 bits per heavy atom. The highest BCUT2D eigenvalue weighted by molar-refractivity contribution is 5.79. The van der Waals surface area contributed by atoms with Crippen molar-refractivity contribution in [1.29, 1.82) is 0 Å². The maximum absolute atomic E-state index is 5.25. The van der Waals surface area contributed by atoms with Crippen molar-refractivity contribution in [2.45, 2.75) is 13.3 Å². The second kappa shape index (κ2) is 5.98. The number of nitrogens with zero attached hydrogens (tertiary/aromatic N) is 2. The van der Waals surface area contributed by atoms with E-state index in [1.165, 1.54) is 0 Å². The predicted molar refractivity (Wildman–Crippen MR) is 55.6 cm³/mol. The molecule has 0 bridgehead atoms. The smallest absolute Gasteiger partial charge is 0.205 e. The number of guanidine groups is 1. The molecule has 0 aliphatic heterocycles. The Labute approximate surface area is 83.0 Å². The zero-order chi connectivity index (χ0) is 10.2. The molecule has 1 aromatic heterocycles. The fraction of sp³-hybridized carbons (Fsp3) is 0.500. The molecule has 0 fully saturated rings. The first kappa shape index (κ1) is 10.5. The third-order valence-electron chi connectivity index (χ3n) is 1.69. The average Bonchev–Trinajstić information content (AvgIpc) is 2.69. The molecule has 0 saturated heterocycles. The van der Waals surface area contributed by atoms with E-state index in [0.29, 0.717) is 12.5 Å². The van der Waals surface area contributed by atoms with Crippen molar-refractivity contribution in [3.8, 4) is 0 Å². The zero-order valence-corrected chi connectivity index (χ0v) is 8.25. The summed E-state index contributed by atoms with van der Waals surface area (Å²) in [5.41, 5.74) is 3.57. The number of aliphatic imine (C=N–C) groups is 1. The number of nitrogens with two attached hydrogens (primary N) is 1. The summed E-state index contributed by atoms with van der Waals surface area (Å²) in [6, 6.07) is 0. The molecule has 0 aliphatic rings. The van der Waals surface area contributed by atoms with E-state index < -0.39 is 0 Å². The Kier molecular flexibility index (Phi) is 4.49. The largest absolute Gasteiger partial charge is 0.356 e. The normalized spacial score (nSPS) is 11.4. The van der Waals surface area contributed by atoms with Crippen LogP contribution in [0.3, 0.4) is 0 Å². The van der Waals surface area contributed by atoms with Crippen LogP contribution < -0.4 is 16.6 Å². The van der Waals surface area contributed by atoms with Gasteiger partial charge >= 0.3 is 0 Å². The van der Waals surface area contributed by atoms with Crippen LogP contribution in [0.5, 0.6) is 0 Å². The van der Waals surface area contributed by atoms with Gasteiger partial charge in [-0.2, -0.15) is 0 Å². The van der Waals surface area contributed by atoms with Crippen molar-refractivity contribution in [2.75, 3.05) is 13.1 Å². The van der Waals surface area contributed by atoms with Crippen LogP contribution in [0.1, 0.15) is 12.6 Å². The maximum Gasteiger partial charge on any atom is 0.205 e. The second-order valence-corrected chi connectivity index (χ2v) is 2.73. The molecule has 6 nitrogen and oxygen atoms in total. The summed E-state index contributed by atoms with van der Waals surface area (Å²) in [5.74, 6) is 5.87. The molecule has 0 radical (unpaired) electrons. The molecular weight excluding hydrogens is 180 g/mol. The van der Waals surface area contributed by atoms with Gasteiger partial charge in [0.05, 0.1) is 6.33 Å². The van der Waals surface area contributed by atoms with E-state index >= 15 is 0 Å². The monoisotopic (exact) mass is 196 g/mol. The number of hydrazine groups is 1. The fourth-order valence-corrected chi connectivity index (χ4v) is 1.03. The molecule has 0 amide bonds. The highest BCUT2D eigenvalue weighted by atomic mass is 15.3. The van der Waals surface area contributed by atoms with E-state index in [9.17, 15) is 0 Å². The lowest BCUT2D eigenvalue weighted by atomic mass is 10.3. The summed E-state index contributed by atoms with van der Waals surface area (Å²) in [4.78, 5) is 11.2. The van der Waals surface area contributed by atoms with E-state index in [2.05, 4.69) is 25.7 Å². The van der Waals surface area contributed by atoms with Crippen molar-refractivity contribution in [3.63, 3.8) is 0 Å². The summed E-state index contributed by atoms with van der Waals surface area (Å²) < 4.78 is 0. The van der Waals surface area contributed by atoms with Gasteiger partial charge in [0.15, 0.2) is 0 Å². The third-order valence-corrected chi connectivity index (χ3v) is 1.69. The van der Waals surface area contributed by atoms with Gasteiger partial charge in [0.1, 0.15) is 0 Å². The van der Waals surface area contributed by atoms with Gasteiger partial charge in [0, 0.05) is 31.4 Å². The summed E-state index contributed by atoms with van der Waals surface area (Å²) in [7, 11) is 0. The van der Waals surface area contributed by atoms with Crippen molar-refractivity contribution < 1.29 is 0 Å². The van der Waals surface area contributed by atoms with E-state index in [4.69, 9.17) is 5.84 Å². The third kappa shape index (κ3) is 3.44. The number of aromatic amines is 1. The molecule has 0 aliphatic carbocycles. The molecule has 0 spiro atoms. The fourth-order valence-electron chi connectivity index (χ4n) is 1.03. The lowest BCUT2D eigenvalue weighted by molar-refractivity contribution is 0.839. The van der Waals surface area contributed by atoms with E-state index in [1.54, 1.807) is 12.5 Å². The average molecular weight is 196 g/mol. The van der Waals surface area contributed by atoms with Gasteiger partial charge in [0.25, 0.3) is 0 Å². The molecule has 5 N–H and O–H groups in total. The van der Waals surface area contributed by atoms with Gasteiger partial charge in [-0.05, 0) is 6.92 Å². The molecule has 0 atom stereocenters. The van der Waals surface area contributed by atoms with Crippen molar-refractivity contribution in [1.82, 2.24) is 20.7 Å². The SMILES string of the molecule is CCNC(=NCCc1cnc[nH]1)NN. The number of hydrogen-bond donors (Lipinski definition) is 4. The number of nitrogens with one attached hydrogen (secondary N) is 3. The lowest BCUT2D eigenvalue weighted by Gasteiger charge is -2.05. The van der Waals surface area contributed by atoms with Gasteiger partial charge in [-0.1, -0.05) is 0 Å². The number of imidazole rings is 1. The van der Waals surface area contributed by atoms with Gasteiger partial charge in [-0.3, -0.25) is 10.4 Å². The van der Waals surface area contributed by atoms with E-state index in [0.717, 1.165) is 18.7 Å². The summed E-state index contributed by atoms with van der Waals surface area (Å²) in [5, 5.41) is 3.00. The van der Waals surface area contributed by atoms with Crippen LogP contribution in [0.25, 0.3) is 0 Å². The van der Waals surface area contributed by atoms with Gasteiger partial charge in [-0.25, -0.2) is 10.8 Å². The van der Waals surface area contributed by atoms with Crippen LogP contribution in [0, 0.1) is 0 Å². The highest BCUT2D eigenvalue weighted by Crippen LogP contribution is 1.92. The molecule has 0 saturated carbocycles. The van der Waals surface area contributed by atoms with Crippen molar-refractivity contribution in [3.05, 3.63) is 18.2 Å². The molecule has 0 unspecified atom stereocenters. The van der Waals surface area contributed by atoms with Gasteiger partial charge < -0.3 is 10.3 Å². The summed E-state index contributed by atoms with van der Waals surface area (Å²) in [6.45, 7) is 3.46. The molecule has 0 aromatic carbocycles. The Balaban J connectivity index is 2.30. The van der Waals surface area contributed by atoms with Crippen LogP contribution in [0.2, 0.25) is 0 Å². The Morgan fingerprint density at radius 1 is 1.71 bits per heavy atom. The quantitative estimate of drug-likeness (QED) is 0.223. The topological polar surface area (TPSA) is 91.1 Å². The highest BCUT2D eigenvalue weighted by Gasteiger charge is 1.94. The van der Waals surface area contributed by atoms with Gasteiger partial charge in [0.2, 0.25) is 5.96 Å². The number of aromatic nitrogens is 2. The second-order valence-electron chi connectivity index (χ2n) is 2.73. The molecule has 6 heteroatoms. The Hall–Kier alpha value is -1.56. The summed E-state index contributed by atoms with van der Waals surface area (Å²) >= 11 is 0. The number of hydrogen-bond acceptors (Lipinski definition) is 3. The number of H-pyrrole nitrogens is 1. The van der Waals surface area contributed by atoms with Crippen LogP contribution in [-0.4, -0.2) is 29.0 Å². The first-order valence-corrected chi connectivity index (χ1v) is 4.59. The Bertz CT molecular complexity index is 265. The zero-order valence-electron chi connectivity index (χ0n) is 8.25. The molecule has 1 aromatic rings.